The summed E-state index contributed by atoms with van der Waals surface area (Å²) >= 11 is 0. The van der Waals surface area contributed by atoms with Crippen molar-refractivity contribution in [3.05, 3.63) is 0 Å². The van der Waals surface area contributed by atoms with Crippen LogP contribution in [-0.2, 0) is 8.85 Å². The molecule has 0 aromatic rings. The molecule has 91 valence electrons. The minimum atomic E-state index is -1.16. The summed E-state index contributed by atoms with van der Waals surface area (Å²) in [6, 6.07) is 1.04. The monoisotopic (exact) mass is 231 g/mol. The van der Waals surface area contributed by atoms with Gasteiger partial charge in [0.1, 0.15) is 0 Å². The molecule has 0 aliphatic heterocycles. The number of rotatable bonds is 4. The molecule has 0 saturated heterocycles. The molecule has 0 saturated carbocycles. The quantitative estimate of drug-likeness (QED) is 0.686. The Labute approximate surface area is 97.2 Å². The predicted octanol–water partition coefficient (Wildman–Crippen LogP) is 3.76. The van der Waals surface area contributed by atoms with Gasteiger partial charge in [-0.2, -0.15) is 0 Å². The zero-order valence-corrected chi connectivity index (χ0v) is 12.6. The van der Waals surface area contributed by atoms with Crippen LogP contribution in [0.4, 0.5) is 0 Å². The average Bonchev–Trinajstić information content (AvgIpc) is 1.73. The molecule has 15 heavy (non-hydrogen) atoms. The molecule has 0 aliphatic carbocycles. The topological polar surface area (TPSA) is 18.5 Å². The maximum atomic E-state index is 6.00. The van der Waals surface area contributed by atoms with Gasteiger partial charge in [-0.3, -0.25) is 0 Å². The second-order valence-corrected chi connectivity index (χ2v) is 7.96. The van der Waals surface area contributed by atoms with Crippen LogP contribution in [0.3, 0.4) is 0 Å². The molecular weight excluding hydrogens is 204 g/mol. The molecule has 0 N–H and O–H groups in total. The first-order chi connectivity index (χ1) is 6.49. The zero-order valence-electron chi connectivity index (χ0n) is 11.6. The summed E-state index contributed by atoms with van der Waals surface area (Å²) in [6.07, 6.45) is 0. The lowest BCUT2D eigenvalue weighted by Gasteiger charge is -2.31. The summed E-state index contributed by atoms with van der Waals surface area (Å²) in [4.78, 5) is 0. The fraction of sp³-hybridized carbons (Fsp3) is 1.00. The van der Waals surface area contributed by atoms with E-state index in [1.165, 1.54) is 0 Å². The van der Waals surface area contributed by atoms with Crippen LogP contribution in [0.25, 0.3) is 0 Å². The average molecular weight is 231 g/mol. The van der Waals surface area contributed by atoms with E-state index < -0.39 is 9.28 Å². The van der Waals surface area contributed by atoms with E-state index in [9.17, 15) is 0 Å². The van der Waals surface area contributed by atoms with E-state index >= 15 is 0 Å². The lowest BCUT2D eigenvalue weighted by Crippen LogP contribution is -2.39. The highest BCUT2D eigenvalue weighted by Gasteiger charge is 2.28. The van der Waals surface area contributed by atoms with Gasteiger partial charge in [0, 0.05) is 11.2 Å². The first kappa shape index (κ1) is 15.1. The van der Waals surface area contributed by atoms with Crippen molar-refractivity contribution in [1.29, 1.82) is 0 Å². The predicted molar refractivity (Wildman–Crippen MR) is 67.1 cm³/mol. The van der Waals surface area contributed by atoms with Gasteiger partial charge >= 0.3 is 9.28 Å². The summed E-state index contributed by atoms with van der Waals surface area (Å²) in [7, 11) is -1.16. The van der Waals surface area contributed by atoms with Crippen LogP contribution in [0.1, 0.15) is 55.4 Å². The van der Waals surface area contributed by atoms with Crippen LogP contribution < -0.4 is 0 Å². The van der Waals surface area contributed by atoms with E-state index in [0.29, 0.717) is 5.92 Å². The Balaban J connectivity index is 4.32. The molecule has 0 bridgehead atoms. The smallest absolute Gasteiger partial charge is 0.385 e. The lowest BCUT2D eigenvalue weighted by atomic mass is 10.2. The van der Waals surface area contributed by atoms with Crippen molar-refractivity contribution in [3.8, 4) is 0 Å². The Morgan fingerprint density at radius 1 is 0.867 bits per heavy atom. The molecule has 0 unspecified atom stereocenters. The highest BCUT2D eigenvalue weighted by atomic mass is 28.3. The van der Waals surface area contributed by atoms with E-state index in [4.69, 9.17) is 8.85 Å². The van der Waals surface area contributed by atoms with Crippen molar-refractivity contribution in [2.75, 3.05) is 0 Å². The molecule has 2 nitrogen and oxygen atoms in total. The molecule has 0 amide bonds. The van der Waals surface area contributed by atoms with Crippen molar-refractivity contribution in [2.24, 2.45) is 5.92 Å². The van der Waals surface area contributed by atoms with Crippen LogP contribution in [0.2, 0.25) is 6.04 Å². The largest absolute Gasteiger partial charge is 0.388 e. The summed E-state index contributed by atoms with van der Waals surface area (Å²) < 4.78 is 12.0. The maximum Gasteiger partial charge on any atom is 0.385 e. The third-order valence-electron chi connectivity index (χ3n) is 1.41. The number of hydrogen-bond acceptors (Lipinski definition) is 2. The van der Waals surface area contributed by atoms with Gasteiger partial charge in [0.15, 0.2) is 0 Å². The van der Waals surface area contributed by atoms with Gasteiger partial charge in [-0.05, 0) is 53.5 Å². The Morgan fingerprint density at radius 3 is 1.40 bits per heavy atom. The molecule has 0 spiro atoms. The molecule has 0 fully saturated rings. The van der Waals surface area contributed by atoms with Gasteiger partial charge in [0.05, 0.1) is 0 Å². The minimum Gasteiger partial charge on any atom is -0.388 e. The van der Waals surface area contributed by atoms with Crippen molar-refractivity contribution < 1.29 is 8.85 Å². The summed E-state index contributed by atoms with van der Waals surface area (Å²) in [5.41, 5.74) is -0.205. The van der Waals surface area contributed by atoms with E-state index in [1.54, 1.807) is 0 Å². The van der Waals surface area contributed by atoms with Crippen LogP contribution in [0.15, 0.2) is 0 Å². The maximum absolute atomic E-state index is 6.00. The van der Waals surface area contributed by atoms with Crippen molar-refractivity contribution >= 4 is 9.28 Å². The summed E-state index contributed by atoms with van der Waals surface area (Å²) in [5.74, 6) is 0.628. The van der Waals surface area contributed by atoms with Gasteiger partial charge in [0.2, 0.25) is 0 Å². The molecule has 0 heterocycles. The SMILES string of the molecule is CC(C)C[Si](OC(C)(C)C)OC(C)(C)C. The molecular formula is C12H27O2Si. The third-order valence-corrected chi connectivity index (χ3v) is 4.24. The molecule has 0 aromatic heterocycles. The van der Waals surface area contributed by atoms with Crippen LogP contribution in [-0.4, -0.2) is 20.5 Å². The number of hydrogen-bond donors (Lipinski definition) is 0. The fourth-order valence-electron chi connectivity index (χ4n) is 1.12. The second-order valence-electron chi connectivity index (χ2n) is 6.40. The third kappa shape index (κ3) is 10.4. The van der Waals surface area contributed by atoms with Gasteiger partial charge in [0.25, 0.3) is 0 Å². The molecule has 0 rings (SSSR count). The van der Waals surface area contributed by atoms with Gasteiger partial charge in [-0.15, -0.1) is 0 Å². The van der Waals surface area contributed by atoms with Crippen LogP contribution in [0, 0.1) is 5.92 Å². The summed E-state index contributed by atoms with van der Waals surface area (Å²) in [5, 5.41) is 0. The Morgan fingerprint density at radius 2 is 1.20 bits per heavy atom. The Kier molecular flexibility index (Phi) is 5.51. The molecule has 1 radical (unpaired) electrons. The first-order valence-corrected chi connectivity index (χ1v) is 7.26. The van der Waals surface area contributed by atoms with E-state index in [0.717, 1.165) is 6.04 Å². The molecule has 3 heteroatoms. The molecule has 0 atom stereocenters. The minimum absolute atomic E-state index is 0.103. The lowest BCUT2D eigenvalue weighted by molar-refractivity contribution is 0.0325. The van der Waals surface area contributed by atoms with E-state index in [2.05, 4.69) is 55.4 Å². The van der Waals surface area contributed by atoms with Crippen LogP contribution >= 0.6 is 0 Å². The van der Waals surface area contributed by atoms with Crippen molar-refractivity contribution in [1.82, 2.24) is 0 Å². The van der Waals surface area contributed by atoms with Gasteiger partial charge < -0.3 is 8.85 Å². The van der Waals surface area contributed by atoms with E-state index in [1.807, 2.05) is 0 Å². The van der Waals surface area contributed by atoms with E-state index in [-0.39, 0.29) is 11.2 Å². The highest BCUT2D eigenvalue weighted by molar-refractivity contribution is 6.44. The normalized spacial score (nSPS) is 14.0. The molecule has 0 aromatic carbocycles. The summed E-state index contributed by atoms with van der Waals surface area (Å²) in [6.45, 7) is 16.9. The highest BCUT2D eigenvalue weighted by Crippen LogP contribution is 2.20. The van der Waals surface area contributed by atoms with Gasteiger partial charge in [-0.25, -0.2) is 0 Å². The van der Waals surface area contributed by atoms with Crippen molar-refractivity contribution in [3.63, 3.8) is 0 Å². The molecule has 0 aliphatic rings. The fourth-order valence-corrected chi connectivity index (χ4v) is 3.36. The Hall–Kier alpha value is 0.137. The first-order valence-electron chi connectivity index (χ1n) is 5.73. The van der Waals surface area contributed by atoms with Gasteiger partial charge in [-0.1, -0.05) is 13.8 Å². The van der Waals surface area contributed by atoms with Crippen LogP contribution in [0.5, 0.6) is 0 Å². The standard InChI is InChI=1S/C12H27O2Si/c1-10(2)9-15(13-11(3,4)5)14-12(6,7)8/h10H,9H2,1-8H3. The zero-order chi connectivity index (χ0) is 12.3. The van der Waals surface area contributed by atoms with Crippen molar-refractivity contribution in [2.45, 2.75) is 72.6 Å². The second kappa shape index (κ2) is 5.46. The Bertz CT molecular complexity index is 161.